The second-order valence-electron chi connectivity index (χ2n) is 4.56. The van der Waals surface area contributed by atoms with E-state index in [2.05, 4.69) is 4.98 Å². The van der Waals surface area contributed by atoms with Gasteiger partial charge in [-0.05, 0) is 43.2 Å². The standard InChI is InChI=1S/C16H19NO3/c1-12(18)15-4-3-10-17-16(15)20-14-7-5-13(6-8-14)9-11-19-2/h3-8,10,12,18H,9,11H2,1-2H3. The van der Waals surface area contributed by atoms with E-state index in [-0.39, 0.29) is 0 Å². The van der Waals surface area contributed by atoms with Crippen molar-refractivity contribution in [3.8, 4) is 11.6 Å². The predicted octanol–water partition coefficient (Wildman–Crippen LogP) is 3.12. The van der Waals surface area contributed by atoms with Crippen molar-refractivity contribution in [1.29, 1.82) is 0 Å². The SMILES string of the molecule is COCCc1ccc(Oc2ncccc2C(C)O)cc1. The van der Waals surface area contributed by atoms with Crippen LogP contribution < -0.4 is 4.74 Å². The van der Waals surface area contributed by atoms with Crippen molar-refractivity contribution in [2.45, 2.75) is 19.4 Å². The molecule has 1 unspecified atom stereocenters. The monoisotopic (exact) mass is 273 g/mol. The average Bonchev–Trinajstić information content (AvgIpc) is 2.47. The Hall–Kier alpha value is -1.91. The lowest BCUT2D eigenvalue weighted by Crippen LogP contribution is -1.98. The summed E-state index contributed by atoms with van der Waals surface area (Å²) in [7, 11) is 1.69. The Morgan fingerprint density at radius 2 is 1.95 bits per heavy atom. The van der Waals surface area contributed by atoms with Gasteiger partial charge >= 0.3 is 0 Å². The molecule has 20 heavy (non-hydrogen) atoms. The first-order valence-corrected chi connectivity index (χ1v) is 6.59. The Morgan fingerprint density at radius 3 is 2.60 bits per heavy atom. The second-order valence-corrected chi connectivity index (χ2v) is 4.56. The zero-order valence-electron chi connectivity index (χ0n) is 11.7. The van der Waals surface area contributed by atoms with E-state index in [0.717, 1.165) is 6.42 Å². The van der Waals surface area contributed by atoms with Gasteiger partial charge in [0.1, 0.15) is 5.75 Å². The van der Waals surface area contributed by atoms with Crippen molar-refractivity contribution >= 4 is 0 Å². The molecule has 0 radical (unpaired) electrons. The van der Waals surface area contributed by atoms with E-state index in [1.807, 2.05) is 24.3 Å². The molecule has 0 bridgehead atoms. The van der Waals surface area contributed by atoms with Gasteiger partial charge in [-0.2, -0.15) is 0 Å². The molecule has 0 aliphatic carbocycles. The van der Waals surface area contributed by atoms with E-state index in [1.54, 1.807) is 32.4 Å². The molecule has 4 heteroatoms. The van der Waals surface area contributed by atoms with Crippen LogP contribution in [0.2, 0.25) is 0 Å². The normalized spacial score (nSPS) is 12.2. The van der Waals surface area contributed by atoms with Gasteiger partial charge in [-0.1, -0.05) is 12.1 Å². The quantitative estimate of drug-likeness (QED) is 0.878. The lowest BCUT2D eigenvalue weighted by Gasteiger charge is -2.11. The topological polar surface area (TPSA) is 51.6 Å². The third kappa shape index (κ3) is 3.79. The number of ether oxygens (including phenoxy) is 2. The Labute approximate surface area is 119 Å². The van der Waals surface area contributed by atoms with E-state index in [9.17, 15) is 5.11 Å². The molecule has 1 atom stereocenters. The van der Waals surface area contributed by atoms with Crippen LogP contribution in [0.1, 0.15) is 24.2 Å². The number of aliphatic hydroxyl groups excluding tert-OH is 1. The maximum absolute atomic E-state index is 9.69. The van der Waals surface area contributed by atoms with Gasteiger partial charge in [-0.15, -0.1) is 0 Å². The highest BCUT2D eigenvalue weighted by Crippen LogP contribution is 2.27. The summed E-state index contributed by atoms with van der Waals surface area (Å²) in [5.41, 5.74) is 1.87. The van der Waals surface area contributed by atoms with Crippen LogP contribution in [0.5, 0.6) is 11.6 Å². The molecule has 0 saturated carbocycles. The fraction of sp³-hybridized carbons (Fsp3) is 0.312. The van der Waals surface area contributed by atoms with Crippen molar-refractivity contribution in [3.63, 3.8) is 0 Å². The molecule has 0 spiro atoms. The molecule has 1 N–H and O–H groups in total. The number of benzene rings is 1. The van der Waals surface area contributed by atoms with E-state index < -0.39 is 6.10 Å². The highest BCUT2D eigenvalue weighted by atomic mass is 16.5. The molecule has 0 aliphatic heterocycles. The first kappa shape index (κ1) is 14.5. The summed E-state index contributed by atoms with van der Waals surface area (Å²) in [5.74, 6) is 1.14. The van der Waals surface area contributed by atoms with Crippen molar-refractivity contribution in [3.05, 3.63) is 53.7 Å². The fourth-order valence-electron chi connectivity index (χ4n) is 1.86. The second kappa shape index (κ2) is 7.03. The molecular weight excluding hydrogens is 254 g/mol. The highest BCUT2D eigenvalue weighted by Gasteiger charge is 2.10. The summed E-state index contributed by atoms with van der Waals surface area (Å²) in [4.78, 5) is 4.17. The van der Waals surface area contributed by atoms with Crippen molar-refractivity contribution < 1.29 is 14.6 Å². The van der Waals surface area contributed by atoms with E-state index in [0.29, 0.717) is 23.8 Å². The molecule has 4 nitrogen and oxygen atoms in total. The van der Waals surface area contributed by atoms with Crippen LogP contribution in [-0.4, -0.2) is 23.8 Å². The smallest absolute Gasteiger partial charge is 0.225 e. The zero-order chi connectivity index (χ0) is 14.4. The largest absolute Gasteiger partial charge is 0.439 e. The van der Waals surface area contributed by atoms with Crippen molar-refractivity contribution in [1.82, 2.24) is 4.98 Å². The number of hydrogen-bond donors (Lipinski definition) is 1. The first-order valence-electron chi connectivity index (χ1n) is 6.59. The van der Waals surface area contributed by atoms with Crippen LogP contribution in [0.3, 0.4) is 0 Å². The fourth-order valence-corrected chi connectivity index (χ4v) is 1.86. The molecule has 1 heterocycles. The average molecular weight is 273 g/mol. The molecule has 0 saturated heterocycles. The molecule has 0 fully saturated rings. The minimum absolute atomic E-state index is 0.437. The molecule has 2 rings (SSSR count). The molecule has 0 amide bonds. The summed E-state index contributed by atoms with van der Waals surface area (Å²) < 4.78 is 10.8. The van der Waals surface area contributed by atoms with Gasteiger partial charge in [-0.25, -0.2) is 4.98 Å². The Kier molecular flexibility index (Phi) is 5.09. The third-order valence-electron chi connectivity index (χ3n) is 2.98. The number of aliphatic hydroxyl groups is 1. The van der Waals surface area contributed by atoms with Gasteiger partial charge < -0.3 is 14.6 Å². The summed E-state index contributed by atoms with van der Waals surface area (Å²) >= 11 is 0. The van der Waals surface area contributed by atoms with Gasteiger partial charge in [0, 0.05) is 18.9 Å². The third-order valence-corrected chi connectivity index (χ3v) is 2.98. The van der Waals surface area contributed by atoms with Crippen LogP contribution >= 0.6 is 0 Å². The van der Waals surface area contributed by atoms with Crippen LogP contribution in [0, 0.1) is 0 Å². The van der Waals surface area contributed by atoms with Crippen LogP contribution in [0.25, 0.3) is 0 Å². The van der Waals surface area contributed by atoms with Gasteiger partial charge in [-0.3, -0.25) is 0 Å². The Balaban J connectivity index is 2.10. The predicted molar refractivity (Wildman–Crippen MR) is 77.0 cm³/mol. The minimum atomic E-state index is -0.611. The van der Waals surface area contributed by atoms with Gasteiger partial charge in [0.05, 0.1) is 12.7 Å². The van der Waals surface area contributed by atoms with Gasteiger partial charge in [0.15, 0.2) is 0 Å². The van der Waals surface area contributed by atoms with Gasteiger partial charge in [0.25, 0.3) is 0 Å². The highest BCUT2D eigenvalue weighted by molar-refractivity contribution is 5.34. The maximum Gasteiger partial charge on any atom is 0.225 e. The van der Waals surface area contributed by atoms with Crippen LogP contribution in [0.4, 0.5) is 0 Å². The number of rotatable bonds is 6. The molecular formula is C16H19NO3. The lowest BCUT2D eigenvalue weighted by atomic mass is 10.1. The summed E-state index contributed by atoms with van der Waals surface area (Å²) in [6.07, 6.45) is 1.91. The Bertz CT molecular complexity index is 538. The molecule has 1 aromatic carbocycles. The zero-order valence-corrected chi connectivity index (χ0v) is 11.7. The first-order chi connectivity index (χ1) is 9.70. The summed E-state index contributed by atoms with van der Waals surface area (Å²) in [5, 5.41) is 9.69. The minimum Gasteiger partial charge on any atom is -0.439 e. The van der Waals surface area contributed by atoms with Crippen LogP contribution in [0.15, 0.2) is 42.6 Å². The molecule has 0 aliphatic rings. The number of nitrogens with zero attached hydrogens (tertiary/aromatic N) is 1. The van der Waals surface area contributed by atoms with Crippen molar-refractivity contribution in [2.75, 3.05) is 13.7 Å². The Morgan fingerprint density at radius 1 is 1.20 bits per heavy atom. The maximum atomic E-state index is 9.69. The van der Waals surface area contributed by atoms with E-state index in [4.69, 9.17) is 9.47 Å². The van der Waals surface area contributed by atoms with Crippen molar-refractivity contribution in [2.24, 2.45) is 0 Å². The lowest BCUT2D eigenvalue weighted by molar-refractivity contribution is 0.194. The van der Waals surface area contributed by atoms with Crippen LogP contribution in [-0.2, 0) is 11.2 Å². The summed E-state index contributed by atoms with van der Waals surface area (Å²) in [6.45, 7) is 2.39. The number of methoxy groups -OCH3 is 1. The molecule has 106 valence electrons. The number of pyridine rings is 1. The molecule has 2 aromatic rings. The van der Waals surface area contributed by atoms with E-state index >= 15 is 0 Å². The van der Waals surface area contributed by atoms with Gasteiger partial charge in [0.2, 0.25) is 5.88 Å². The summed E-state index contributed by atoms with van der Waals surface area (Å²) in [6, 6.07) is 11.4. The van der Waals surface area contributed by atoms with E-state index in [1.165, 1.54) is 5.56 Å². The number of aromatic nitrogens is 1. The number of hydrogen-bond acceptors (Lipinski definition) is 4. The molecule has 1 aromatic heterocycles.